The molecule has 7 heteroatoms. The van der Waals surface area contributed by atoms with E-state index in [4.69, 9.17) is 16.3 Å². The van der Waals surface area contributed by atoms with Crippen LogP contribution in [0, 0.1) is 0 Å². The summed E-state index contributed by atoms with van der Waals surface area (Å²) < 4.78 is 7.02. The van der Waals surface area contributed by atoms with Gasteiger partial charge in [-0.15, -0.1) is 0 Å². The van der Waals surface area contributed by atoms with Gasteiger partial charge in [0.15, 0.2) is 0 Å². The Bertz CT molecular complexity index is 1160. The van der Waals surface area contributed by atoms with Gasteiger partial charge in [-0.1, -0.05) is 11.6 Å². The van der Waals surface area contributed by atoms with Gasteiger partial charge in [0, 0.05) is 28.3 Å². The molecule has 30 heavy (non-hydrogen) atoms. The van der Waals surface area contributed by atoms with Crippen LogP contribution < -0.4 is 10.7 Å². The molecule has 0 fully saturated rings. The number of anilines is 1. The fraction of sp³-hybridized carbons (Fsp3) is 0.261. The lowest BCUT2D eigenvalue weighted by Gasteiger charge is -2.17. The molecule has 2 aromatic carbocycles. The molecule has 0 bridgehead atoms. The summed E-state index contributed by atoms with van der Waals surface area (Å²) in [6.45, 7) is 7.48. The predicted molar refractivity (Wildman–Crippen MR) is 119 cm³/mol. The minimum absolute atomic E-state index is 0.0155. The molecular weight excluding hydrogens is 404 g/mol. The van der Waals surface area contributed by atoms with E-state index in [1.54, 1.807) is 62.5 Å². The number of carbonyl (C=O) groups is 2. The first-order chi connectivity index (χ1) is 14.2. The number of esters is 1. The molecule has 0 saturated carbocycles. The Morgan fingerprint density at radius 3 is 2.30 bits per heavy atom. The van der Waals surface area contributed by atoms with Crippen molar-refractivity contribution in [2.75, 3.05) is 5.32 Å². The lowest BCUT2D eigenvalue weighted by Crippen LogP contribution is -2.24. The number of benzene rings is 2. The Hall–Kier alpha value is -3.12. The summed E-state index contributed by atoms with van der Waals surface area (Å²) in [4.78, 5) is 37.7. The third kappa shape index (κ3) is 4.54. The molecule has 1 amide bonds. The standard InChI is InChI=1S/C23H23ClN2O4/c1-13(2)26-12-19(21(27)18-11-16(24)7-10-20(18)26)22(28)25-17-8-5-15(6-9-17)23(29)30-14(3)4/h5-14H,1-4H3,(H,25,28). The van der Waals surface area contributed by atoms with Gasteiger partial charge in [-0.25, -0.2) is 4.79 Å². The molecular formula is C23H23ClN2O4. The van der Waals surface area contributed by atoms with Gasteiger partial charge in [-0.2, -0.15) is 0 Å². The van der Waals surface area contributed by atoms with Crippen molar-refractivity contribution in [1.82, 2.24) is 4.57 Å². The van der Waals surface area contributed by atoms with E-state index in [0.717, 1.165) is 0 Å². The summed E-state index contributed by atoms with van der Waals surface area (Å²) in [5, 5.41) is 3.53. The lowest BCUT2D eigenvalue weighted by atomic mass is 10.1. The SMILES string of the molecule is CC(C)OC(=O)c1ccc(NC(=O)c2cn(C(C)C)c3ccc(Cl)cc3c2=O)cc1. The normalized spacial score (nSPS) is 11.2. The van der Waals surface area contributed by atoms with Gasteiger partial charge in [-0.05, 0) is 70.2 Å². The van der Waals surface area contributed by atoms with Crippen molar-refractivity contribution in [2.45, 2.75) is 39.8 Å². The Balaban J connectivity index is 1.93. The second kappa shape index (κ2) is 8.71. The lowest BCUT2D eigenvalue weighted by molar-refractivity contribution is 0.0378. The van der Waals surface area contributed by atoms with Crippen molar-refractivity contribution >= 4 is 40.1 Å². The number of hydrogen-bond donors (Lipinski definition) is 1. The monoisotopic (exact) mass is 426 g/mol. The molecule has 0 atom stereocenters. The van der Waals surface area contributed by atoms with Crippen molar-refractivity contribution in [3.8, 4) is 0 Å². The van der Waals surface area contributed by atoms with E-state index < -0.39 is 11.9 Å². The number of hydrogen-bond acceptors (Lipinski definition) is 4. The first kappa shape index (κ1) is 21.6. The van der Waals surface area contributed by atoms with Gasteiger partial charge < -0.3 is 14.6 Å². The van der Waals surface area contributed by atoms with Gasteiger partial charge >= 0.3 is 5.97 Å². The summed E-state index contributed by atoms with van der Waals surface area (Å²) in [6, 6.07) is 11.4. The summed E-state index contributed by atoms with van der Waals surface area (Å²) in [5.74, 6) is -0.970. The molecule has 3 rings (SSSR count). The summed E-state index contributed by atoms with van der Waals surface area (Å²) in [6.07, 6.45) is 1.34. The highest BCUT2D eigenvalue weighted by Crippen LogP contribution is 2.21. The number of fused-ring (bicyclic) bond motifs is 1. The largest absolute Gasteiger partial charge is 0.459 e. The molecule has 3 aromatic rings. The van der Waals surface area contributed by atoms with E-state index in [0.29, 0.717) is 27.2 Å². The van der Waals surface area contributed by atoms with Crippen molar-refractivity contribution in [1.29, 1.82) is 0 Å². The maximum atomic E-state index is 12.9. The van der Waals surface area contributed by atoms with Crippen LogP contribution in [0.2, 0.25) is 5.02 Å². The molecule has 0 spiro atoms. The Kier molecular flexibility index (Phi) is 6.27. The summed E-state index contributed by atoms with van der Waals surface area (Å²) >= 11 is 6.07. The average Bonchev–Trinajstić information content (AvgIpc) is 2.68. The van der Waals surface area contributed by atoms with Crippen LogP contribution in [-0.4, -0.2) is 22.5 Å². The van der Waals surface area contributed by atoms with Crippen molar-refractivity contribution in [3.05, 3.63) is 75.0 Å². The minimum atomic E-state index is -0.534. The number of amides is 1. The number of ether oxygens (including phenoxy) is 1. The molecule has 0 unspecified atom stereocenters. The van der Waals surface area contributed by atoms with Gasteiger partial charge in [0.05, 0.1) is 17.2 Å². The fourth-order valence-corrected chi connectivity index (χ4v) is 3.26. The fourth-order valence-electron chi connectivity index (χ4n) is 3.09. The average molecular weight is 427 g/mol. The molecule has 1 N–H and O–H groups in total. The molecule has 0 radical (unpaired) electrons. The van der Waals surface area contributed by atoms with Crippen LogP contribution in [0.1, 0.15) is 54.5 Å². The molecule has 156 valence electrons. The minimum Gasteiger partial charge on any atom is -0.459 e. The number of nitrogens with zero attached hydrogens (tertiary/aromatic N) is 1. The second-order valence-corrected chi connectivity index (χ2v) is 7.96. The van der Waals surface area contributed by atoms with E-state index in [1.807, 2.05) is 18.4 Å². The van der Waals surface area contributed by atoms with Gasteiger partial charge in [0.25, 0.3) is 5.91 Å². The first-order valence-corrected chi connectivity index (χ1v) is 10.0. The van der Waals surface area contributed by atoms with E-state index in [9.17, 15) is 14.4 Å². The third-order valence-corrected chi connectivity index (χ3v) is 4.75. The van der Waals surface area contributed by atoms with Crippen LogP contribution in [0.3, 0.4) is 0 Å². The molecule has 0 saturated heterocycles. The van der Waals surface area contributed by atoms with Crippen LogP contribution in [-0.2, 0) is 4.74 Å². The topological polar surface area (TPSA) is 77.4 Å². The zero-order valence-electron chi connectivity index (χ0n) is 17.2. The van der Waals surface area contributed by atoms with Crippen LogP contribution in [0.4, 0.5) is 5.69 Å². The van der Waals surface area contributed by atoms with Crippen LogP contribution in [0.5, 0.6) is 0 Å². The van der Waals surface area contributed by atoms with Gasteiger partial charge in [0.2, 0.25) is 5.43 Å². The Labute approximate surface area is 179 Å². The summed E-state index contributed by atoms with van der Waals surface area (Å²) in [5.41, 5.74) is 1.18. The first-order valence-electron chi connectivity index (χ1n) is 9.64. The van der Waals surface area contributed by atoms with Crippen molar-refractivity contribution in [3.63, 3.8) is 0 Å². The van der Waals surface area contributed by atoms with Crippen LogP contribution in [0.15, 0.2) is 53.5 Å². The number of halogens is 1. The summed E-state index contributed by atoms with van der Waals surface area (Å²) in [7, 11) is 0. The molecule has 6 nitrogen and oxygen atoms in total. The van der Waals surface area contributed by atoms with Crippen molar-refractivity contribution in [2.24, 2.45) is 0 Å². The number of rotatable bonds is 5. The number of pyridine rings is 1. The highest BCUT2D eigenvalue weighted by molar-refractivity contribution is 6.31. The Morgan fingerprint density at radius 2 is 1.70 bits per heavy atom. The molecule has 0 aliphatic heterocycles. The van der Waals surface area contributed by atoms with E-state index in [2.05, 4.69) is 5.32 Å². The highest BCUT2D eigenvalue weighted by Gasteiger charge is 2.17. The van der Waals surface area contributed by atoms with Gasteiger partial charge in [0.1, 0.15) is 5.56 Å². The number of carbonyl (C=O) groups excluding carboxylic acids is 2. The van der Waals surface area contributed by atoms with E-state index in [-0.39, 0.29) is 23.1 Å². The van der Waals surface area contributed by atoms with Crippen LogP contribution in [0.25, 0.3) is 10.9 Å². The molecule has 0 aliphatic rings. The highest BCUT2D eigenvalue weighted by atomic mass is 35.5. The predicted octanol–water partition coefficient (Wildman–Crippen LogP) is 5.05. The maximum Gasteiger partial charge on any atom is 0.338 e. The molecule has 1 aromatic heterocycles. The molecule has 1 heterocycles. The number of aromatic nitrogens is 1. The van der Waals surface area contributed by atoms with Crippen LogP contribution >= 0.6 is 11.6 Å². The number of nitrogens with one attached hydrogen (secondary N) is 1. The zero-order chi connectivity index (χ0) is 22.0. The van der Waals surface area contributed by atoms with Crippen molar-refractivity contribution < 1.29 is 14.3 Å². The molecule has 0 aliphatic carbocycles. The van der Waals surface area contributed by atoms with E-state index in [1.165, 1.54) is 0 Å². The second-order valence-electron chi connectivity index (χ2n) is 7.52. The van der Waals surface area contributed by atoms with E-state index >= 15 is 0 Å². The Morgan fingerprint density at radius 1 is 1.03 bits per heavy atom. The zero-order valence-corrected chi connectivity index (χ0v) is 18.0. The maximum absolute atomic E-state index is 12.9. The third-order valence-electron chi connectivity index (χ3n) is 4.52. The quantitative estimate of drug-likeness (QED) is 0.579. The smallest absolute Gasteiger partial charge is 0.338 e. The van der Waals surface area contributed by atoms with Gasteiger partial charge in [-0.3, -0.25) is 9.59 Å².